The molecule has 0 aliphatic heterocycles. The van der Waals surface area contributed by atoms with Crippen LogP contribution in [0.25, 0.3) is 11.1 Å². The van der Waals surface area contributed by atoms with Crippen molar-refractivity contribution < 1.29 is 9.53 Å². The van der Waals surface area contributed by atoms with Gasteiger partial charge in [-0.2, -0.15) is 5.26 Å². The van der Waals surface area contributed by atoms with E-state index in [0.29, 0.717) is 11.3 Å². The molecule has 1 atom stereocenters. The van der Waals surface area contributed by atoms with Gasteiger partial charge in [0, 0.05) is 11.9 Å². The van der Waals surface area contributed by atoms with Crippen LogP contribution < -0.4 is 16.0 Å². The molecule has 136 valence electrons. The van der Waals surface area contributed by atoms with Gasteiger partial charge in [-0.3, -0.25) is 16.0 Å². The zero-order chi connectivity index (χ0) is 19.3. The zero-order valence-electron chi connectivity index (χ0n) is 14.9. The van der Waals surface area contributed by atoms with Crippen molar-refractivity contribution >= 4 is 23.6 Å². The minimum Gasteiger partial charge on any atom is -0.497 e. The predicted octanol–water partition coefficient (Wildman–Crippen LogP) is 2.43. The Morgan fingerprint density at radius 2 is 2.19 bits per heavy atom. The number of rotatable bonds is 7. The Labute approximate surface area is 156 Å². The van der Waals surface area contributed by atoms with Gasteiger partial charge in [-0.1, -0.05) is 0 Å². The van der Waals surface area contributed by atoms with Crippen molar-refractivity contribution in [3.05, 3.63) is 40.1 Å². The van der Waals surface area contributed by atoms with E-state index in [9.17, 15) is 10.1 Å². The van der Waals surface area contributed by atoms with Gasteiger partial charge in [-0.25, -0.2) is 5.43 Å². The topological polar surface area (TPSA) is 115 Å². The molecule has 0 saturated carbocycles. The number of carbonyl (C=O) groups excluding carboxylic acids is 1. The molecule has 0 spiro atoms. The highest BCUT2D eigenvalue weighted by molar-refractivity contribution is 7.10. The summed E-state index contributed by atoms with van der Waals surface area (Å²) in [5.41, 5.74) is 4.23. The number of hydrogen-bond acceptors (Lipinski definition) is 7. The molecule has 0 unspecified atom stereocenters. The molecule has 7 nitrogen and oxygen atoms in total. The standard InChI is InChI=1S/C18H21N5O2S/c1-18(22-21,8-17(24)23(2)11-20)16-7-14(10-26-16)13-4-12(9-19)5-15(6-13)25-3/h4-7,10-11,20,22H,8,21H2,1-3H3/t18-/m0/s1. The fourth-order valence-corrected chi connectivity index (χ4v) is 3.48. The summed E-state index contributed by atoms with van der Waals surface area (Å²) in [5.74, 6) is 6.12. The maximum absolute atomic E-state index is 12.2. The Balaban J connectivity index is 2.37. The molecule has 26 heavy (non-hydrogen) atoms. The molecular weight excluding hydrogens is 350 g/mol. The fraction of sp³-hybridized carbons (Fsp3) is 0.278. The first kappa shape index (κ1) is 19.6. The Morgan fingerprint density at radius 1 is 1.46 bits per heavy atom. The second-order valence-electron chi connectivity index (χ2n) is 6.05. The molecule has 0 fully saturated rings. The van der Waals surface area contributed by atoms with Gasteiger partial charge in [0.1, 0.15) is 5.75 Å². The van der Waals surface area contributed by atoms with E-state index in [1.54, 1.807) is 19.2 Å². The van der Waals surface area contributed by atoms with E-state index < -0.39 is 5.54 Å². The lowest BCUT2D eigenvalue weighted by atomic mass is 9.94. The molecule has 0 radical (unpaired) electrons. The number of benzene rings is 1. The van der Waals surface area contributed by atoms with Crippen LogP contribution in [0.4, 0.5) is 0 Å². The maximum atomic E-state index is 12.2. The van der Waals surface area contributed by atoms with E-state index in [1.165, 1.54) is 23.3 Å². The van der Waals surface area contributed by atoms with Gasteiger partial charge in [0.25, 0.3) is 0 Å². The van der Waals surface area contributed by atoms with Gasteiger partial charge >= 0.3 is 0 Å². The third kappa shape index (κ3) is 4.08. The van der Waals surface area contributed by atoms with E-state index in [4.69, 9.17) is 16.0 Å². The number of ether oxygens (including phenoxy) is 1. The summed E-state index contributed by atoms with van der Waals surface area (Å²) in [4.78, 5) is 14.3. The lowest BCUT2D eigenvalue weighted by Gasteiger charge is -2.28. The van der Waals surface area contributed by atoms with Gasteiger partial charge < -0.3 is 9.64 Å². The number of nitrogens with one attached hydrogen (secondary N) is 2. The highest BCUT2D eigenvalue weighted by Gasteiger charge is 2.31. The minimum absolute atomic E-state index is 0.108. The molecule has 8 heteroatoms. The molecular formula is C18H21N5O2S. The van der Waals surface area contributed by atoms with E-state index in [2.05, 4.69) is 11.5 Å². The van der Waals surface area contributed by atoms with Crippen molar-refractivity contribution in [1.29, 1.82) is 10.7 Å². The number of nitrogens with zero attached hydrogens (tertiary/aromatic N) is 2. The number of thiophene rings is 1. The first-order valence-electron chi connectivity index (χ1n) is 7.79. The molecule has 2 rings (SSSR count). The Hall–Kier alpha value is -2.73. The van der Waals surface area contributed by atoms with E-state index in [-0.39, 0.29) is 12.3 Å². The second-order valence-corrected chi connectivity index (χ2v) is 6.96. The summed E-state index contributed by atoms with van der Waals surface area (Å²) in [6.07, 6.45) is 1.08. The van der Waals surface area contributed by atoms with Crippen molar-refractivity contribution in [3.8, 4) is 22.9 Å². The zero-order valence-corrected chi connectivity index (χ0v) is 15.7. The van der Waals surface area contributed by atoms with Crippen molar-refractivity contribution in [2.45, 2.75) is 18.9 Å². The number of methoxy groups -OCH3 is 1. The van der Waals surface area contributed by atoms with Gasteiger partial charge in [0.15, 0.2) is 0 Å². The largest absolute Gasteiger partial charge is 0.497 e. The van der Waals surface area contributed by atoms with Gasteiger partial charge in [0.2, 0.25) is 5.91 Å². The molecule has 1 amide bonds. The summed E-state index contributed by atoms with van der Waals surface area (Å²) in [6.45, 7) is 1.84. The average Bonchev–Trinajstić information content (AvgIpc) is 3.17. The van der Waals surface area contributed by atoms with Crippen LogP contribution in [0.1, 0.15) is 23.8 Å². The van der Waals surface area contributed by atoms with Crippen LogP contribution in [0.3, 0.4) is 0 Å². The molecule has 2 aromatic rings. The van der Waals surface area contributed by atoms with Crippen molar-refractivity contribution in [2.24, 2.45) is 5.84 Å². The molecule has 0 saturated heterocycles. The van der Waals surface area contributed by atoms with E-state index >= 15 is 0 Å². The lowest BCUT2D eigenvalue weighted by molar-refractivity contribution is -0.127. The van der Waals surface area contributed by atoms with Crippen LogP contribution >= 0.6 is 11.3 Å². The van der Waals surface area contributed by atoms with Gasteiger partial charge in [-0.15, -0.1) is 11.3 Å². The number of carbonyl (C=O) groups is 1. The predicted molar refractivity (Wildman–Crippen MR) is 102 cm³/mol. The maximum Gasteiger partial charge on any atom is 0.229 e. The highest BCUT2D eigenvalue weighted by Crippen LogP contribution is 2.35. The summed E-state index contributed by atoms with van der Waals surface area (Å²) in [5, 5.41) is 18.3. The average molecular weight is 371 g/mol. The number of nitriles is 1. The molecule has 1 aromatic heterocycles. The van der Waals surface area contributed by atoms with Gasteiger partial charge in [-0.05, 0) is 47.7 Å². The summed E-state index contributed by atoms with van der Waals surface area (Å²) >= 11 is 1.47. The van der Waals surface area contributed by atoms with E-state index in [1.807, 2.05) is 24.4 Å². The molecule has 1 heterocycles. The highest BCUT2D eigenvalue weighted by atomic mass is 32.1. The number of nitrogens with two attached hydrogens (primary N) is 1. The number of hydrogen-bond donors (Lipinski definition) is 3. The third-order valence-corrected chi connectivity index (χ3v) is 5.35. The van der Waals surface area contributed by atoms with Crippen LogP contribution in [0, 0.1) is 16.7 Å². The smallest absolute Gasteiger partial charge is 0.229 e. The number of amides is 1. The van der Waals surface area contributed by atoms with Crippen LogP contribution in [0.15, 0.2) is 29.6 Å². The molecule has 1 aromatic carbocycles. The Morgan fingerprint density at radius 3 is 2.77 bits per heavy atom. The molecule has 4 N–H and O–H groups in total. The first-order valence-corrected chi connectivity index (χ1v) is 8.67. The minimum atomic E-state index is -0.770. The Bertz CT molecular complexity index is 858. The van der Waals surface area contributed by atoms with Crippen molar-refractivity contribution in [1.82, 2.24) is 10.3 Å². The first-order chi connectivity index (χ1) is 12.4. The molecule has 0 aliphatic carbocycles. The monoisotopic (exact) mass is 371 g/mol. The van der Waals surface area contributed by atoms with Crippen LogP contribution in [-0.2, 0) is 10.3 Å². The molecule has 0 aliphatic rings. The van der Waals surface area contributed by atoms with Gasteiger partial charge in [0.05, 0.1) is 37.0 Å². The van der Waals surface area contributed by atoms with Crippen molar-refractivity contribution in [2.75, 3.05) is 14.2 Å². The number of hydrazine groups is 1. The second kappa shape index (κ2) is 8.10. The van der Waals surface area contributed by atoms with Crippen molar-refractivity contribution in [3.63, 3.8) is 0 Å². The lowest BCUT2D eigenvalue weighted by Crippen LogP contribution is -2.47. The quantitative estimate of drug-likeness (QED) is 0.299. The molecule has 0 bridgehead atoms. The van der Waals surface area contributed by atoms with Crippen LogP contribution in [0.5, 0.6) is 5.75 Å². The Kier molecular flexibility index (Phi) is 6.10. The summed E-state index contributed by atoms with van der Waals surface area (Å²) < 4.78 is 5.25. The summed E-state index contributed by atoms with van der Waals surface area (Å²) in [7, 11) is 3.09. The van der Waals surface area contributed by atoms with Crippen LogP contribution in [0.2, 0.25) is 0 Å². The van der Waals surface area contributed by atoms with E-state index in [0.717, 1.165) is 22.3 Å². The van der Waals surface area contributed by atoms with Crippen LogP contribution in [-0.4, -0.2) is 31.3 Å². The third-order valence-electron chi connectivity index (χ3n) is 4.16. The normalized spacial score (nSPS) is 12.7. The fourth-order valence-electron chi connectivity index (χ4n) is 2.43. The SMILES string of the molecule is COc1cc(C#N)cc(-c2csc([C@](C)(CC(=O)N(C)C=N)NN)c2)c1. The summed E-state index contributed by atoms with van der Waals surface area (Å²) in [6, 6.07) is 9.38.